The summed E-state index contributed by atoms with van der Waals surface area (Å²) >= 11 is 0. The summed E-state index contributed by atoms with van der Waals surface area (Å²) in [4.78, 5) is 16.1. The van der Waals surface area contributed by atoms with Crippen molar-refractivity contribution < 1.29 is 4.79 Å². The van der Waals surface area contributed by atoms with Gasteiger partial charge in [0.2, 0.25) is 0 Å². The minimum Gasteiger partial charge on any atom is -0.299 e. The van der Waals surface area contributed by atoms with Crippen LogP contribution >= 0.6 is 0 Å². The summed E-state index contributed by atoms with van der Waals surface area (Å²) in [6, 6.07) is 5.77. The van der Waals surface area contributed by atoms with E-state index in [0.717, 1.165) is 12.1 Å². The van der Waals surface area contributed by atoms with Crippen LogP contribution in [0.15, 0.2) is 24.4 Å². The van der Waals surface area contributed by atoms with E-state index in [4.69, 9.17) is 0 Å². The largest absolute Gasteiger partial charge is 0.299 e. The molecule has 15 heavy (non-hydrogen) atoms. The SMILES string of the molecule is CCC(=O)C(CC(C)C)c1ccccn1. The Morgan fingerprint density at radius 3 is 2.60 bits per heavy atom. The Hall–Kier alpha value is -1.18. The highest BCUT2D eigenvalue weighted by molar-refractivity contribution is 5.84. The summed E-state index contributed by atoms with van der Waals surface area (Å²) < 4.78 is 0. The van der Waals surface area contributed by atoms with Crippen molar-refractivity contribution in [2.24, 2.45) is 5.92 Å². The van der Waals surface area contributed by atoms with Crippen LogP contribution in [0.25, 0.3) is 0 Å². The highest BCUT2D eigenvalue weighted by Gasteiger charge is 2.20. The zero-order valence-corrected chi connectivity index (χ0v) is 9.73. The van der Waals surface area contributed by atoms with Gasteiger partial charge < -0.3 is 0 Å². The van der Waals surface area contributed by atoms with E-state index >= 15 is 0 Å². The average molecular weight is 205 g/mol. The van der Waals surface area contributed by atoms with Crippen LogP contribution in [0.1, 0.15) is 45.2 Å². The van der Waals surface area contributed by atoms with E-state index in [9.17, 15) is 4.79 Å². The number of carbonyl (C=O) groups excluding carboxylic acids is 1. The third-order valence-corrected chi connectivity index (χ3v) is 2.49. The van der Waals surface area contributed by atoms with Crippen LogP contribution in [0.5, 0.6) is 0 Å². The minimum atomic E-state index is -0.0174. The van der Waals surface area contributed by atoms with E-state index in [0.29, 0.717) is 18.1 Å². The van der Waals surface area contributed by atoms with Crippen molar-refractivity contribution >= 4 is 5.78 Å². The molecule has 1 heterocycles. The normalized spacial score (nSPS) is 12.8. The van der Waals surface area contributed by atoms with E-state index in [1.807, 2.05) is 25.1 Å². The molecule has 0 aliphatic carbocycles. The van der Waals surface area contributed by atoms with Crippen LogP contribution in [0.4, 0.5) is 0 Å². The third-order valence-electron chi connectivity index (χ3n) is 2.49. The highest BCUT2D eigenvalue weighted by Crippen LogP contribution is 2.24. The molecule has 1 rings (SSSR count). The molecule has 1 unspecified atom stereocenters. The lowest BCUT2D eigenvalue weighted by atomic mass is 9.89. The first-order chi connectivity index (χ1) is 7.15. The zero-order valence-electron chi connectivity index (χ0n) is 9.73. The maximum absolute atomic E-state index is 11.8. The Kier molecular flexibility index (Phi) is 4.47. The van der Waals surface area contributed by atoms with E-state index in [1.54, 1.807) is 6.20 Å². The molecule has 1 aromatic rings. The van der Waals surface area contributed by atoms with Gasteiger partial charge in [-0.2, -0.15) is 0 Å². The highest BCUT2D eigenvalue weighted by atomic mass is 16.1. The van der Waals surface area contributed by atoms with E-state index in [2.05, 4.69) is 18.8 Å². The monoisotopic (exact) mass is 205 g/mol. The Balaban J connectivity index is 2.86. The number of nitrogens with zero attached hydrogens (tertiary/aromatic N) is 1. The molecule has 0 bridgehead atoms. The molecule has 0 radical (unpaired) electrons. The van der Waals surface area contributed by atoms with Crippen molar-refractivity contribution in [3.8, 4) is 0 Å². The van der Waals surface area contributed by atoms with Gasteiger partial charge in [0.15, 0.2) is 0 Å². The lowest BCUT2D eigenvalue weighted by Crippen LogP contribution is -2.15. The number of pyridine rings is 1. The number of carbonyl (C=O) groups is 1. The second-order valence-electron chi connectivity index (χ2n) is 4.26. The molecule has 0 saturated heterocycles. The molecule has 2 nitrogen and oxygen atoms in total. The van der Waals surface area contributed by atoms with Crippen LogP contribution in [0, 0.1) is 5.92 Å². The van der Waals surface area contributed by atoms with Gasteiger partial charge in [-0.05, 0) is 24.5 Å². The van der Waals surface area contributed by atoms with Gasteiger partial charge >= 0.3 is 0 Å². The van der Waals surface area contributed by atoms with Gasteiger partial charge in [-0.1, -0.05) is 26.8 Å². The predicted octanol–water partition coefficient (Wildman–Crippen LogP) is 3.19. The van der Waals surface area contributed by atoms with Crippen molar-refractivity contribution in [3.05, 3.63) is 30.1 Å². The topological polar surface area (TPSA) is 30.0 Å². The number of Topliss-reactive ketones (excluding diaryl/α,β-unsaturated/α-hetero) is 1. The van der Waals surface area contributed by atoms with Gasteiger partial charge in [-0.3, -0.25) is 9.78 Å². The fraction of sp³-hybridized carbons (Fsp3) is 0.538. The summed E-state index contributed by atoms with van der Waals surface area (Å²) in [7, 11) is 0. The van der Waals surface area contributed by atoms with Gasteiger partial charge in [0.25, 0.3) is 0 Å². The first kappa shape index (κ1) is 11.9. The molecular weight excluding hydrogens is 186 g/mol. The van der Waals surface area contributed by atoms with Crippen LogP contribution in [-0.2, 0) is 4.79 Å². The third kappa shape index (κ3) is 3.46. The number of hydrogen-bond acceptors (Lipinski definition) is 2. The second-order valence-corrected chi connectivity index (χ2v) is 4.26. The summed E-state index contributed by atoms with van der Waals surface area (Å²) in [5.41, 5.74) is 0.915. The molecule has 1 aromatic heterocycles. The van der Waals surface area contributed by atoms with Crippen LogP contribution in [-0.4, -0.2) is 10.8 Å². The molecule has 0 aromatic carbocycles. The van der Waals surface area contributed by atoms with Crippen molar-refractivity contribution in [2.75, 3.05) is 0 Å². The zero-order chi connectivity index (χ0) is 11.3. The summed E-state index contributed by atoms with van der Waals surface area (Å²) in [5.74, 6) is 0.797. The van der Waals surface area contributed by atoms with Crippen LogP contribution in [0.2, 0.25) is 0 Å². The number of ketones is 1. The minimum absolute atomic E-state index is 0.0174. The van der Waals surface area contributed by atoms with Gasteiger partial charge in [-0.15, -0.1) is 0 Å². The smallest absolute Gasteiger partial charge is 0.141 e. The maximum Gasteiger partial charge on any atom is 0.141 e. The molecule has 2 heteroatoms. The molecule has 82 valence electrons. The molecule has 1 atom stereocenters. The lowest BCUT2D eigenvalue weighted by molar-refractivity contribution is -0.120. The Bertz CT molecular complexity index is 306. The van der Waals surface area contributed by atoms with E-state index < -0.39 is 0 Å². The van der Waals surface area contributed by atoms with Gasteiger partial charge in [0.1, 0.15) is 5.78 Å². The van der Waals surface area contributed by atoms with E-state index in [1.165, 1.54) is 0 Å². The Labute approximate surface area is 91.7 Å². The molecular formula is C13H19NO. The molecule has 0 fully saturated rings. The van der Waals surface area contributed by atoms with Crippen molar-refractivity contribution in [2.45, 2.75) is 39.5 Å². The van der Waals surface area contributed by atoms with Crippen molar-refractivity contribution in [3.63, 3.8) is 0 Å². The Morgan fingerprint density at radius 1 is 1.40 bits per heavy atom. The van der Waals surface area contributed by atoms with Gasteiger partial charge in [0.05, 0.1) is 11.6 Å². The summed E-state index contributed by atoms with van der Waals surface area (Å²) in [6.07, 6.45) is 3.24. The first-order valence-corrected chi connectivity index (χ1v) is 5.58. The lowest BCUT2D eigenvalue weighted by Gasteiger charge is -2.16. The van der Waals surface area contributed by atoms with Crippen molar-refractivity contribution in [1.82, 2.24) is 4.98 Å². The molecule has 0 spiro atoms. The first-order valence-electron chi connectivity index (χ1n) is 5.58. The standard InChI is InChI=1S/C13H19NO/c1-4-13(15)11(9-10(2)3)12-7-5-6-8-14-12/h5-8,10-11H,4,9H2,1-3H3. The summed E-state index contributed by atoms with van der Waals surface area (Å²) in [5, 5.41) is 0. The predicted molar refractivity (Wildman–Crippen MR) is 61.7 cm³/mol. The molecule has 0 aliphatic rings. The molecule has 0 amide bonds. The Morgan fingerprint density at radius 2 is 2.13 bits per heavy atom. The number of rotatable bonds is 5. The molecule has 0 saturated carbocycles. The van der Waals surface area contributed by atoms with Crippen LogP contribution < -0.4 is 0 Å². The summed E-state index contributed by atoms with van der Waals surface area (Å²) in [6.45, 7) is 6.19. The molecule has 0 aliphatic heterocycles. The van der Waals surface area contributed by atoms with Crippen molar-refractivity contribution in [1.29, 1.82) is 0 Å². The van der Waals surface area contributed by atoms with E-state index in [-0.39, 0.29) is 5.92 Å². The number of hydrogen-bond donors (Lipinski definition) is 0. The van der Waals surface area contributed by atoms with Gasteiger partial charge in [-0.25, -0.2) is 0 Å². The average Bonchev–Trinajstić information content (AvgIpc) is 2.26. The fourth-order valence-corrected chi connectivity index (χ4v) is 1.72. The molecule has 0 N–H and O–H groups in total. The van der Waals surface area contributed by atoms with Gasteiger partial charge in [0, 0.05) is 12.6 Å². The quantitative estimate of drug-likeness (QED) is 0.739. The fourth-order valence-electron chi connectivity index (χ4n) is 1.72. The van der Waals surface area contributed by atoms with Crippen LogP contribution in [0.3, 0.4) is 0 Å². The maximum atomic E-state index is 11.8. The second kappa shape index (κ2) is 5.64. The number of aromatic nitrogens is 1.